The molecule has 1 aromatic heterocycles. The van der Waals surface area contributed by atoms with Gasteiger partial charge in [0, 0.05) is 17.3 Å². The van der Waals surface area contributed by atoms with Crippen molar-refractivity contribution in [3.8, 4) is 11.5 Å². The first-order chi connectivity index (χ1) is 13.3. The Morgan fingerprint density at radius 1 is 1.18 bits per heavy atom. The van der Waals surface area contributed by atoms with Crippen molar-refractivity contribution in [3.63, 3.8) is 0 Å². The number of hydrogen-bond acceptors (Lipinski definition) is 6. The molecule has 0 spiro atoms. The molecule has 0 unspecified atom stereocenters. The van der Waals surface area contributed by atoms with Gasteiger partial charge in [-0.15, -0.1) is 13.2 Å². The van der Waals surface area contributed by atoms with E-state index in [9.17, 15) is 18.0 Å². The summed E-state index contributed by atoms with van der Waals surface area (Å²) in [5.74, 6) is 0.144. The van der Waals surface area contributed by atoms with Crippen molar-refractivity contribution in [2.24, 2.45) is 0 Å². The molecule has 2 aromatic carbocycles. The number of imidazole rings is 1. The molecule has 0 bridgehead atoms. The number of ether oxygens (including phenoxy) is 3. The lowest BCUT2D eigenvalue weighted by molar-refractivity contribution is -0.274. The fraction of sp³-hybridized carbons (Fsp3) is 0.222. The average Bonchev–Trinajstić information content (AvgIpc) is 3.02. The number of esters is 1. The third-order valence-corrected chi connectivity index (χ3v) is 3.80. The summed E-state index contributed by atoms with van der Waals surface area (Å²) < 4.78 is 50.4. The van der Waals surface area contributed by atoms with Crippen LogP contribution in [-0.4, -0.2) is 36.5 Å². The highest BCUT2D eigenvalue weighted by atomic mass is 19.4. The number of alkyl halides is 3. The minimum absolute atomic E-state index is 0.0336. The molecule has 2 N–H and O–H groups in total. The van der Waals surface area contributed by atoms with E-state index < -0.39 is 12.3 Å². The fourth-order valence-electron chi connectivity index (χ4n) is 2.57. The van der Waals surface area contributed by atoms with E-state index in [-0.39, 0.29) is 12.2 Å². The van der Waals surface area contributed by atoms with E-state index in [0.717, 1.165) is 0 Å². The predicted molar refractivity (Wildman–Crippen MR) is 94.8 cm³/mol. The lowest BCUT2D eigenvalue weighted by atomic mass is 10.1. The summed E-state index contributed by atoms with van der Waals surface area (Å²) >= 11 is 0. The molecule has 1 heterocycles. The maximum absolute atomic E-state index is 12.2. The Kier molecular flexibility index (Phi) is 5.30. The van der Waals surface area contributed by atoms with Gasteiger partial charge >= 0.3 is 12.3 Å². The molecule has 0 aliphatic carbocycles. The first-order valence-electron chi connectivity index (χ1n) is 8.03. The van der Waals surface area contributed by atoms with Gasteiger partial charge in [0.1, 0.15) is 11.5 Å². The van der Waals surface area contributed by atoms with Gasteiger partial charge in [0.25, 0.3) is 0 Å². The Hall–Kier alpha value is -3.43. The number of rotatable bonds is 6. The Morgan fingerprint density at radius 3 is 2.50 bits per heavy atom. The number of halogens is 3. The van der Waals surface area contributed by atoms with Gasteiger partial charge in [-0.25, -0.2) is 4.98 Å². The molecule has 0 saturated carbocycles. The Balaban J connectivity index is 1.81. The Bertz CT molecular complexity index is 984. The monoisotopic (exact) mass is 395 g/mol. The zero-order valence-corrected chi connectivity index (χ0v) is 14.9. The van der Waals surface area contributed by atoms with E-state index in [2.05, 4.69) is 24.8 Å². The number of anilines is 2. The van der Waals surface area contributed by atoms with Gasteiger partial charge in [-0.2, -0.15) is 0 Å². The number of benzene rings is 2. The molecule has 0 radical (unpaired) electrons. The quantitative estimate of drug-likeness (QED) is 0.615. The van der Waals surface area contributed by atoms with E-state index in [4.69, 9.17) is 4.74 Å². The van der Waals surface area contributed by atoms with Crippen LogP contribution in [0.25, 0.3) is 11.0 Å². The van der Waals surface area contributed by atoms with Gasteiger partial charge in [0.15, 0.2) is 0 Å². The van der Waals surface area contributed by atoms with Gasteiger partial charge in [-0.3, -0.25) is 4.79 Å². The summed E-state index contributed by atoms with van der Waals surface area (Å²) in [6.07, 6.45) is -4.71. The number of carbonyl (C=O) groups excluding carboxylic acids is 1. The van der Waals surface area contributed by atoms with E-state index in [1.165, 1.54) is 38.5 Å². The van der Waals surface area contributed by atoms with E-state index in [1.807, 2.05) is 0 Å². The lowest BCUT2D eigenvalue weighted by Gasteiger charge is -2.09. The third-order valence-electron chi connectivity index (χ3n) is 3.80. The highest BCUT2D eigenvalue weighted by Gasteiger charge is 2.30. The number of methoxy groups -OCH3 is 2. The summed E-state index contributed by atoms with van der Waals surface area (Å²) in [5.41, 5.74) is 2.37. The number of carbonyl (C=O) groups is 1. The van der Waals surface area contributed by atoms with Gasteiger partial charge in [-0.05, 0) is 30.3 Å². The maximum Gasteiger partial charge on any atom is 0.573 e. The van der Waals surface area contributed by atoms with Crippen molar-refractivity contribution >= 4 is 28.6 Å². The van der Waals surface area contributed by atoms with Crippen LogP contribution < -0.4 is 14.8 Å². The zero-order valence-electron chi connectivity index (χ0n) is 14.9. The number of H-pyrrole nitrogens is 1. The fourth-order valence-corrected chi connectivity index (χ4v) is 2.57. The van der Waals surface area contributed by atoms with Crippen molar-refractivity contribution in [1.29, 1.82) is 0 Å². The Labute approximate surface area is 157 Å². The molecular weight excluding hydrogens is 379 g/mol. The number of aromatic amines is 1. The number of nitrogens with zero attached hydrogens (tertiary/aromatic N) is 1. The van der Waals surface area contributed by atoms with E-state index in [0.29, 0.717) is 34.0 Å². The van der Waals surface area contributed by atoms with Crippen molar-refractivity contribution in [1.82, 2.24) is 9.97 Å². The molecule has 10 heteroatoms. The van der Waals surface area contributed by atoms with Crippen LogP contribution in [0, 0.1) is 0 Å². The average molecular weight is 395 g/mol. The van der Waals surface area contributed by atoms with Gasteiger partial charge < -0.3 is 24.5 Å². The topological polar surface area (TPSA) is 85.5 Å². The van der Waals surface area contributed by atoms with Crippen molar-refractivity contribution in [2.45, 2.75) is 12.8 Å². The standard InChI is InChI=1S/C18H16F3N3O4/c1-26-15-9-14-13(7-10(15)8-16(25)27-2)23-17(24-14)22-11-3-5-12(6-4-11)28-18(19,20)21/h3-7,9H,8H2,1-2H3,(H2,22,23,24). The first-order valence-corrected chi connectivity index (χ1v) is 8.03. The molecule has 0 amide bonds. The molecule has 3 rings (SSSR count). The molecule has 7 nitrogen and oxygen atoms in total. The van der Waals surface area contributed by atoms with Crippen molar-refractivity contribution < 1.29 is 32.2 Å². The Morgan fingerprint density at radius 2 is 1.89 bits per heavy atom. The molecule has 0 saturated heterocycles. The molecule has 28 heavy (non-hydrogen) atoms. The third kappa shape index (κ3) is 4.64. The summed E-state index contributed by atoms with van der Waals surface area (Å²) in [7, 11) is 2.79. The lowest BCUT2D eigenvalue weighted by Crippen LogP contribution is -2.16. The van der Waals surface area contributed by atoms with Crippen LogP contribution in [0.3, 0.4) is 0 Å². The zero-order chi connectivity index (χ0) is 20.3. The highest BCUT2D eigenvalue weighted by Crippen LogP contribution is 2.28. The molecule has 0 atom stereocenters. The van der Waals surface area contributed by atoms with Crippen LogP contribution in [0.4, 0.5) is 24.8 Å². The molecular formula is C18H16F3N3O4. The van der Waals surface area contributed by atoms with E-state index in [1.54, 1.807) is 12.1 Å². The van der Waals surface area contributed by atoms with E-state index >= 15 is 0 Å². The molecule has 0 aliphatic heterocycles. The summed E-state index contributed by atoms with van der Waals surface area (Å²) in [4.78, 5) is 19.0. The highest BCUT2D eigenvalue weighted by molar-refractivity contribution is 5.83. The second-order valence-electron chi connectivity index (χ2n) is 5.72. The van der Waals surface area contributed by atoms with Gasteiger partial charge in [0.05, 0.1) is 31.7 Å². The molecule has 0 aliphatic rings. The molecule has 0 fully saturated rings. The SMILES string of the molecule is COC(=O)Cc1cc2nc(Nc3ccc(OC(F)(F)F)cc3)[nH]c2cc1OC. The van der Waals surface area contributed by atoms with Gasteiger partial charge in [0.2, 0.25) is 5.95 Å². The second kappa shape index (κ2) is 7.67. The number of fused-ring (bicyclic) bond motifs is 1. The summed E-state index contributed by atoms with van der Waals surface area (Å²) in [6, 6.07) is 8.64. The minimum atomic E-state index is -4.74. The van der Waals surface area contributed by atoms with Crippen molar-refractivity contribution in [3.05, 3.63) is 42.0 Å². The summed E-state index contributed by atoms with van der Waals surface area (Å²) in [5, 5.41) is 2.96. The largest absolute Gasteiger partial charge is 0.573 e. The number of aromatic nitrogens is 2. The van der Waals surface area contributed by atoms with Crippen LogP contribution in [-0.2, 0) is 16.0 Å². The minimum Gasteiger partial charge on any atom is -0.496 e. The van der Waals surface area contributed by atoms with Crippen molar-refractivity contribution in [2.75, 3.05) is 19.5 Å². The van der Waals surface area contributed by atoms with Crippen LogP contribution in [0.5, 0.6) is 11.5 Å². The predicted octanol–water partition coefficient (Wildman–Crippen LogP) is 3.93. The van der Waals surface area contributed by atoms with Crippen LogP contribution >= 0.6 is 0 Å². The number of nitrogens with one attached hydrogen (secondary N) is 2. The normalized spacial score (nSPS) is 11.3. The molecule has 3 aromatic rings. The van der Waals surface area contributed by atoms with Crippen LogP contribution in [0.1, 0.15) is 5.56 Å². The maximum atomic E-state index is 12.2. The van der Waals surface area contributed by atoms with Crippen LogP contribution in [0.2, 0.25) is 0 Å². The smallest absolute Gasteiger partial charge is 0.496 e. The number of hydrogen-bond donors (Lipinski definition) is 2. The van der Waals surface area contributed by atoms with Crippen LogP contribution in [0.15, 0.2) is 36.4 Å². The molecule has 148 valence electrons. The second-order valence-corrected chi connectivity index (χ2v) is 5.72. The van der Waals surface area contributed by atoms with Gasteiger partial charge in [-0.1, -0.05) is 0 Å². The first kappa shape index (κ1) is 19.3. The summed E-state index contributed by atoms with van der Waals surface area (Å²) in [6.45, 7) is 0.